The molecule has 7 nitrogen and oxygen atoms in total. The maximum atomic E-state index is 15.4. The summed E-state index contributed by atoms with van der Waals surface area (Å²) in [5.74, 6) is -1.24. The number of halogens is 6. The quantitative estimate of drug-likeness (QED) is 0.512. The third-order valence-electron chi connectivity index (χ3n) is 5.72. The number of alkyl halides is 4. The van der Waals surface area contributed by atoms with Gasteiger partial charge in [-0.05, 0) is 24.6 Å². The van der Waals surface area contributed by atoms with Gasteiger partial charge in [-0.15, -0.1) is 0 Å². The van der Waals surface area contributed by atoms with Gasteiger partial charge in [-0.1, -0.05) is 11.6 Å². The molecule has 13 heteroatoms. The molecule has 1 saturated heterocycles. The fourth-order valence-electron chi connectivity index (χ4n) is 4.07. The summed E-state index contributed by atoms with van der Waals surface area (Å²) < 4.78 is 70.2. The molecule has 182 valence electrons. The van der Waals surface area contributed by atoms with Crippen LogP contribution in [0.2, 0.25) is 5.02 Å². The van der Waals surface area contributed by atoms with Gasteiger partial charge in [-0.25, -0.2) is 23.7 Å². The number of anilines is 2. The average molecular weight is 502 g/mol. The minimum absolute atomic E-state index is 0.0412. The first-order valence-electron chi connectivity index (χ1n) is 10.4. The largest absolute Gasteiger partial charge is 0.419 e. The van der Waals surface area contributed by atoms with Gasteiger partial charge in [0.15, 0.2) is 5.82 Å². The number of nitrogens with zero attached hydrogens (tertiary/aromatic N) is 5. The zero-order valence-corrected chi connectivity index (χ0v) is 18.5. The van der Waals surface area contributed by atoms with Crippen molar-refractivity contribution in [3.05, 3.63) is 53.0 Å². The van der Waals surface area contributed by atoms with Gasteiger partial charge in [0.25, 0.3) is 0 Å². The lowest BCUT2D eigenvalue weighted by molar-refractivity contribution is -0.139. The molecule has 1 aliphatic rings. The Morgan fingerprint density at radius 1 is 1.21 bits per heavy atom. The smallest absolute Gasteiger partial charge is 0.382 e. The highest BCUT2D eigenvalue weighted by atomic mass is 35.5. The molecule has 2 atom stereocenters. The van der Waals surface area contributed by atoms with Gasteiger partial charge in [0, 0.05) is 31.4 Å². The van der Waals surface area contributed by atoms with E-state index in [-0.39, 0.29) is 41.7 Å². The van der Waals surface area contributed by atoms with Crippen molar-refractivity contribution in [1.82, 2.24) is 19.5 Å². The van der Waals surface area contributed by atoms with Crippen LogP contribution in [0.1, 0.15) is 23.7 Å². The van der Waals surface area contributed by atoms with Crippen molar-refractivity contribution in [2.75, 3.05) is 30.3 Å². The lowest BCUT2D eigenvalue weighted by Gasteiger charge is -2.35. The lowest BCUT2D eigenvalue weighted by atomic mass is 9.94. The zero-order valence-electron chi connectivity index (χ0n) is 17.7. The second-order valence-electron chi connectivity index (χ2n) is 7.91. The maximum Gasteiger partial charge on any atom is 0.419 e. The standard InChI is InChI=1S/C21H21ClF5N7/c22-17-18(29)30-10-31-20(17)33-5-3-12(15(24)8-33)19-32-16(9-34(19)6-4-28)11-1-2-14(23)13(7-11)21(25,26)27/h1-2,7,9-10,12,15H,3-6,8,28H2,(H2,29,30,31). The number of nitrogens with two attached hydrogens (primary N) is 2. The third-order valence-corrected chi connectivity index (χ3v) is 6.08. The van der Waals surface area contributed by atoms with Gasteiger partial charge in [0.2, 0.25) is 0 Å². The van der Waals surface area contributed by atoms with E-state index < -0.39 is 29.6 Å². The van der Waals surface area contributed by atoms with Gasteiger partial charge in [0.1, 0.15) is 35.0 Å². The molecular weight excluding hydrogens is 481 g/mol. The van der Waals surface area contributed by atoms with Crippen LogP contribution in [0.15, 0.2) is 30.7 Å². The molecule has 3 heterocycles. The Bertz CT molecular complexity index is 1180. The van der Waals surface area contributed by atoms with Crippen molar-refractivity contribution >= 4 is 23.2 Å². The van der Waals surface area contributed by atoms with Gasteiger partial charge >= 0.3 is 6.18 Å². The van der Waals surface area contributed by atoms with E-state index in [1.165, 1.54) is 18.6 Å². The highest BCUT2D eigenvalue weighted by Gasteiger charge is 2.36. The van der Waals surface area contributed by atoms with Crippen LogP contribution in [0.25, 0.3) is 11.3 Å². The number of aromatic nitrogens is 4. The monoisotopic (exact) mass is 501 g/mol. The fraction of sp³-hybridized carbons (Fsp3) is 0.381. The van der Waals surface area contributed by atoms with E-state index in [1.807, 2.05) is 0 Å². The third kappa shape index (κ3) is 4.64. The fourth-order valence-corrected chi connectivity index (χ4v) is 4.28. The highest BCUT2D eigenvalue weighted by Crippen LogP contribution is 2.37. The van der Waals surface area contributed by atoms with Crippen LogP contribution >= 0.6 is 11.6 Å². The predicted octanol–water partition coefficient (Wildman–Crippen LogP) is 4.02. The number of hydrogen-bond donors (Lipinski definition) is 2. The first-order chi connectivity index (χ1) is 16.1. The molecule has 4 rings (SSSR count). The van der Waals surface area contributed by atoms with Crippen LogP contribution in [0.5, 0.6) is 0 Å². The van der Waals surface area contributed by atoms with Crippen molar-refractivity contribution in [1.29, 1.82) is 0 Å². The molecule has 0 amide bonds. The van der Waals surface area contributed by atoms with Gasteiger partial charge < -0.3 is 20.9 Å². The number of rotatable bonds is 5. The Hall–Kier alpha value is -2.99. The number of imidazole rings is 1. The average Bonchev–Trinajstić information content (AvgIpc) is 3.19. The van der Waals surface area contributed by atoms with Crippen LogP contribution in [0, 0.1) is 5.82 Å². The second kappa shape index (κ2) is 9.34. The van der Waals surface area contributed by atoms with Crippen molar-refractivity contribution in [3.63, 3.8) is 0 Å². The molecule has 2 unspecified atom stereocenters. The maximum absolute atomic E-state index is 15.4. The highest BCUT2D eigenvalue weighted by molar-refractivity contribution is 6.35. The molecule has 0 spiro atoms. The number of nitrogen functional groups attached to an aromatic ring is 1. The molecule has 1 aromatic carbocycles. The number of piperidine rings is 1. The van der Waals surface area contributed by atoms with E-state index >= 15 is 4.39 Å². The number of hydrogen-bond acceptors (Lipinski definition) is 6. The normalized spacial score (nSPS) is 19.0. The van der Waals surface area contributed by atoms with Crippen LogP contribution in [-0.4, -0.2) is 45.3 Å². The topological polar surface area (TPSA) is 98.9 Å². The summed E-state index contributed by atoms with van der Waals surface area (Å²) in [6.45, 7) is 0.851. The Labute approximate surface area is 196 Å². The Morgan fingerprint density at radius 2 is 1.97 bits per heavy atom. The molecule has 1 fully saturated rings. The van der Waals surface area contributed by atoms with Crippen molar-refractivity contribution in [2.45, 2.75) is 31.2 Å². The van der Waals surface area contributed by atoms with Crippen LogP contribution < -0.4 is 16.4 Å². The van der Waals surface area contributed by atoms with E-state index in [4.69, 9.17) is 23.1 Å². The molecular formula is C21H21ClF5N7. The van der Waals surface area contributed by atoms with E-state index in [2.05, 4.69) is 15.0 Å². The molecule has 2 aromatic heterocycles. The molecule has 0 saturated carbocycles. The SMILES string of the molecule is NCCn1cc(-c2ccc(F)c(C(F)(F)F)c2)nc1C1CCN(c2ncnc(N)c2Cl)CC1F. The number of benzene rings is 1. The lowest BCUT2D eigenvalue weighted by Crippen LogP contribution is -2.42. The minimum Gasteiger partial charge on any atom is -0.382 e. The van der Waals surface area contributed by atoms with E-state index in [0.717, 1.165) is 6.07 Å². The van der Waals surface area contributed by atoms with Gasteiger partial charge in [-0.2, -0.15) is 13.2 Å². The van der Waals surface area contributed by atoms with Gasteiger partial charge in [-0.3, -0.25) is 0 Å². The molecule has 4 N–H and O–H groups in total. The van der Waals surface area contributed by atoms with Gasteiger partial charge in [0.05, 0.1) is 23.7 Å². The Kier molecular flexibility index (Phi) is 6.63. The first kappa shape index (κ1) is 24.1. The predicted molar refractivity (Wildman–Crippen MR) is 118 cm³/mol. The zero-order chi connectivity index (χ0) is 24.6. The van der Waals surface area contributed by atoms with Crippen molar-refractivity contribution in [2.24, 2.45) is 5.73 Å². The van der Waals surface area contributed by atoms with E-state index in [0.29, 0.717) is 30.7 Å². The van der Waals surface area contributed by atoms with Crippen molar-refractivity contribution < 1.29 is 22.0 Å². The summed E-state index contributed by atoms with van der Waals surface area (Å²) in [5.41, 5.74) is 10.3. The summed E-state index contributed by atoms with van der Waals surface area (Å²) in [7, 11) is 0. The van der Waals surface area contributed by atoms with Crippen LogP contribution in [-0.2, 0) is 12.7 Å². The Morgan fingerprint density at radius 3 is 2.65 bits per heavy atom. The molecule has 0 radical (unpaired) electrons. The summed E-state index contributed by atoms with van der Waals surface area (Å²) in [5, 5.41) is 0.136. The van der Waals surface area contributed by atoms with E-state index in [1.54, 1.807) is 9.47 Å². The second-order valence-corrected chi connectivity index (χ2v) is 8.29. The minimum atomic E-state index is -4.86. The summed E-state index contributed by atoms with van der Waals surface area (Å²) in [4.78, 5) is 14.0. The summed E-state index contributed by atoms with van der Waals surface area (Å²) in [6.07, 6.45) is -3.15. The van der Waals surface area contributed by atoms with E-state index in [9.17, 15) is 17.6 Å². The Balaban J connectivity index is 1.64. The molecule has 0 aliphatic carbocycles. The van der Waals surface area contributed by atoms with Crippen LogP contribution in [0.4, 0.5) is 33.6 Å². The molecule has 1 aliphatic heterocycles. The summed E-state index contributed by atoms with van der Waals surface area (Å²) >= 11 is 6.17. The van der Waals surface area contributed by atoms with Crippen LogP contribution in [0.3, 0.4) is 0 Å². The molecule has 34 heavy (non-hydrogen) atoms. The first-order valence-corrected chi connectivity index (χ1v) is 10.8. The molecule has 0 bridgehead atoms. The summed E-state index contributed by atoms with van der Waals surface area (Å²) in [6, 6.07) is 2.65. The molecule has 3 aromatic rings. The van der Waals surface area contributed by atoms with Crippen molar-refractivity contribution in [3.8, 4) is 11.3 Å².